The molecule has 112 valence electrons. The van der Waals surface area contributed by atoms with Gasteiger partial charge in [0, 0.05) is 6.20 Å². The van der Waals surface area contributed by atoms with Crippen LogP contribution in [0.25, 0.3) is 5.65 Å². The van der Waals surface area contributed by atoms with Gasteiger partial charge in [0.25, 0.3) is 0 Å². The van der Waals surface area contributed by atoms with Crippen LogP contribution >= 0.6 is 0 Å². The zero-order valence-electron chi connectivity index (χ0n) is 12.8. The lowest BCUT2D eigenvalue weighted by molar-refractivity contribution is 0.619. The van der Waals surface area contributed by atoms with Gasteiger partial charge in [0.1, 0.15) is 11.5 Å². The van der Waals surface area contributed by atoms with Crippen molar-refractivity contribution in [1.29, 1.82) is 0 Å². The Morgan fingerprint density at radius 1 is 1.05 bits per heavy atom. The van der Waals surface area contributed by atoms with Crippen LogP contribution in [-0.2, 0) is 0 Å². The number of nitrogens with zero attached hydrogens (tertiary/aromatic N) is 4. The van der Waals surface area contributed by atoms with Gasteiger partial charge in [-0.15, -0.1) is 10.2 Å². The second-order valence-corrected chi connectivity index (χ2v) is 5.54. The van der Waals surface area contributed by atoms with Crippen molar-refractivity contribution in [3.05, 3.63) is 59.7 Å². The first-order valence-corrected chi connectivity index (χ1v) is 7.20. The molecule has 4 nitrogen and oxygen atoms in total. The third kappa shape index (κ3) is 2.74. The number of hydrogen-bond acceptors (Lipinski definition) is 3. The van der Waals surface area contributed by atoms with E-state index < -0.39 is 0 Å². The maximum atomic E-state index is 13.4. The number of azo groups is 1. The Balaban J connectivity index is 1.95. The molecule has 0 atom stereocenters. The Hall–Kier alpha value is -2.56. The van der Waals surface area contributed by atoms with Gasteiger partial charge in [-0.05, 0) is 42.7 Å². The molecule has 3 aromatic rings. The Labute approximate surface area is 128 Å². The number of aryl methyl sites for hydroxylation is 1. The van der Waals surface area contributed by atoms with Crippen LogP contribution in [0.2, 0.25) is 0 Å². The molecule has 0 saturated carbocycles. The highest BCUT2D eigenvalue weighted by Gasteiger charge is 2.08. The summed E-state index contributed by atoms with van der Waals surface area (Å²) in [6.07, 6.45) is 1.37. The molecular formula is C17H17FN4. The average Bonchev–Trinajstić information content (AvgIpc) is 2.80. The molecule has 0 saturated heterocycles. The van der Waals surface area contributed by atoms with E-state index in [1.165, 1.54) is 17.8 Å². The molecule has 0 spiro atoms. The van der Waals surface area contributed by atoms with Gasteiger partial charge in [0.2, 0.25) is 0 Å². The van der Waals surface area contributed by atoms with Crippen molar-refractivity contribution in [3.8, 4) is 0 Å². The molecule has 5 heteroatoms. The molecular weight excluding hydrogens is 279 g/mol. The summed E-state index contributed by atoms with van der Waals surface area (Å²) in [5.41, 5.74) is 3.39. The zero-order chi connectivity index (χ0) is 15.7. The molecule has 1 aromatic carbocycles. The number of rotatable bonds is 3. The van der Waals surface area contributed by atoms with Crippen LogP contribution in [0.3, 0.4) is 0 Å². The van der Waals surface area contributed by atoms with Gasteiger partial charge < -0.3 is 0 Å². The second kappa shape index (κ2) is 5.67. The number of fused-ring (bicyclic) bond motifs is 1. The second-order valence-electron chi connectivity index (χ2n) is 5.54. The minimum absolute atomic E-state index is 0.331. The molecule has 0 radical (unpaired) electrons. The SMILES string of the molecule is Cc1nc2ccc(F)cn2c1N=Nc1ccc(C(C)C)cc1. The van der Waals surface area contributed by atoms with Gasteiger partial charge in [-0.2, -0.15) is 0 Å². The molecule has 22 heavy (non-hydrogen) atoms. The number of benzene rings is 1. The van der Waals surface area contributed by atoms with Crippen LogP contribution in [0.1, 0.15) is 31.0 Å². The van der Waals surface area contributed by atoms with E-state index in [9.17, 15) is 4.39 Å². The van der Waals surface area contributed by atoms with E-state index in [1.807, 2.05) is 31.2 Å². The van der Waals surface area contributed by atoms with E-state index in [0.717, 1.165) is 5.69 Å². The lowest BCUT2D eigenvalue weighted by Crippen LogP contribution is -1.85. The number of hydrogen-bond donors (Lipinski definition) is 0. The largest absolute Gasteiger partial charge is 0.280 e. The van der Waals surface area contributed by atoms with E-state index in [0.29, 0.717) is 23.1 Å². The third-order valence-corrected chi connectivity index (χ3v) is 3.54. The van der Waals surface area contributed by atoms with Crippen molar-refractivity contribution in [2.75, 3.05) is 0 Å². The van der Waals surface area contributed by atoms with Crippen LogP contribution in [0.5, 0.6) is 0 Å². The van der Waals surface area contributed by atoms with Crippen molar-refractivity contribution in [2.24, 2.45) is 10.2 Å². The molecule has 0 aliphatic carbocycles. The number of aromatic nitrogens is 2. The van der Waals surface area contributed by atoms with E-state index in [-0.39, 0.29) is 5.82 Å². The molecule has 2 aromatic heterocycles. The molecule has 0 amide bonds. The highest BCUT2D eigenvalue weighted by atomic mass is 19.1. The lowest BCUT2D eigenvalue weighted by atomic mass is 10.0. The first-order chi connectivity index (χ1) is 10.5. The summed E-state index contributed by atoms with van der Waals surface area (Å²) in [5.74, 6) is 0.694. The highest BCUT2D eigenvalue weighted by molar-refractivity contribution is 5.52. The minimum atomic E-state index is -0.331. The standard InChI is InChI=1S/C17H17FN4/c1-11(2)13-4-7-15(8-5-13)20-21-17-12(3)19-16-9-6-14(18)10-22(16)17/h4-11H,1-3H3. The molecule has 3 rings (SSSR count). The molecule has 0 bridgehead atoms. The van der Waals surface area contributed by atoms with Crippen molar-refractivity contribution >= 4 is 17.2 Å². The zero-order valence-corrected chi connectivity index (χ0v) is 12.8. The van der Waals surface area contributed by atoms with Crippen LogP contribution in [-0.4, -0.2) is 9.38 Å². The Morgan fingerprint density at radius 2 is 1.77 bits per heavy atom. The van der Waals surface area contributed by atoms with Gasteiger partial charge in [-0.1, -0.05) is 26.0 Å². The van der Waals surface area contributed by atoms with Crippen LogP contribution in [0, 0.1) is 12.7 Å². The van der Waals surface area contributed by atoms with Gasteiger partial charge in [0.05, 0.1) is 11.4 Å². The Kier molecular flexibility index (Phi) is 3.71. The quantitative estimate of drug-likeness (QED) is 0.603. The first kappa shape index (κ1) is 14.4. The van der Waals surface area contributed by atoms with Crippen molar-refractivity contribution < 1.29 is 4.39 Å². The fraction of sp³-hybridized carbons (Fsp3) is 0.235. The van der Waals surface area contributed by atoms with Gasteiger partial charge in [-0.25, -0.2) is 9.37 Å². The van der Waals surface area contributed by atoms with Crippen molar-refractivity contribution in [2.45, 2.75) is 26.7 Å². The number of imidazole rings is 1. The maximum absolute atomic E-state index is 13.4. The van der Waals surface area contributed by atoms with Gasteiger partial charge in [0.15, 0.2) is 5.82 Å². The summed E-state index contributed by atoms with van der Waals surface area (Å²) in [6, 6.07) is 10.9. The number of halogens is 1. The molecule has 0 aliphatic heterocycles. The fourth-order valence-electron chi connectivity index (χ4n) is 2.28. The Morgan fingerprint density at radius 3 is 2.45 bits per heavy atom. The summed E-state index contributed by atoms with van der Waals surface area (Å²) in [6.45, 7) is 6.13. The summed E-state index contributed by atoms with van der Waals surface area (Å²) >= 11 is 0. The fourth-order valence-corrected chi connectivity index (χ4v) is 2.28. The molecule has 0 unspecified atom stereocenters. The summed E-state index contributed by atoms with van der Waals surface area (Å²) in [5, 5.41) is 8.47. The monoisotopic (exact) mass is 296 g/mol. The molecule has 0 fully saturated rings. The average molecular weight is 296 g/mol. The van der Waals surface area contributed by atoms with Crippen molar-refractivity contribution in [3.63, 3.8) is 0 Å². The summed E-state index contributed by atoms with van der Waals surface area (Å²) in [4.78, 5) is 4.35. The predicted octanol–water partition coefficient (Wildman–Crippen LogP) is 5.32. The first-order valence-electron chi connectivity index (χ1n) is 7.20. The molecule has 0 N–H and O–H groups in total. The smallest absolute Gasteiger partial charge is 0.182 e. The topological polar surface area (TPSA) is 42.0 Å². The predicted molar refractivity (Wildman–Crippen MR) is 84.6 cm³/mol. The van der Waals surface area contributed by atoms with Crippen molar-refractivity contribution in [1.82, 2.24) is 9.38 Å². The minimum Gasteiger partial charge on any atom is -0.280 e. The maximum Gasteiger partial charge on any atom is 0.182 e. The van der Waals surface area contributed by atoms with Gasteiger partial charge >= 0.3 is 0 Å². The molecule has 2 heterocycles. The van der Waals surface area contributed by atoms with Crippen LogP contribution in [0.15, 0.2) is 52.8 Å². The van der Waals surface area contributed by atoms with E-state index >= 15 is 0 Å². The lowest BCUT2D eigenvalue weighted by Gasteiger charge is -2.04. The van der Waals surface area contributed by atoms with Gasteiger partial charge in [-0.3, -0.25) is 4.40 Å². The van der Waals surface area contributed by atoms with Crippen LogP contribution in [0.4, 0.5) is 15.9 Å². The van der Waals surface area contributed by atoms with E-state index in [4.69, 9.17) is 0 Å². The molecule has 0 aliphatic rings. The highest BCUT2D eigenvalue weighted by Crippen LogP contribution is 2.25. The third-order valence-electron chi connectivity index (χ3n) is 3.54. The van der Waals surface area contributed by atoms with E-state index in [2.05, 4.69) is 29.1 Å². The summed E-state index contributed by atoms with van der Waals surface area (Å²) in [7, 11) is 0. The summed E-state index contributed by atoms with van der Waals surface area (Å²) < 4.78 is 15.0. The van der Waals surface area contributed by atoms with Crippen LogP contribution < -0.4 is 0 Å². The number of pyridine rings is 1. The normalized spacial score (nSPS) is 11.9. The van der Waals surface area contributed by atoms with E-state index in [1.54, 1.807) is 10.5 Å². The Bertz CT molecular complexity index is 832.